The summed E-state index contributed by atoms with van der Waals surface area (Å²) in [5.74, 6) is 0.605. The third-order valence-electron chi connectivity index (χ3n) is 3.53. The zero-order chi connectivity index (χ0) is 16.4. The van der Waals surface area contributed by atoms with Crippen molar-refractivity contribution >= 4 is 13.2 Å². The lowest BCUT2D eigenvalue weighted by Crippen LogP contribution is -2.05. The highest BCUT2D eigenvalue weighted by molar-refractivity contribution is 7.64. The molecule has 1 aromatic carbocycles. The Morgan fingerprint density at radius 1 is 1.09 bits per heavy atom. The molecular formula is C17H15N4OP. The SMILES string of the molecule is CP(C)c1ccc(-n2ncc(-c3ccc(C#N)cc3)c2O)nc1. The molecule has 1 N–H and O–H groups in total. The van der Waals surface area contributed by atoms with E-state index in [1.165, 1.54) is 9.99 Å². The number of rotatable bonds is 3. The molecule has 0 fully saturated rings. The lowest BCUT2D eigenvalue weighted by atomic mass is 10.1. The number of aromatic nitrogens is 3. The van der Waals surface area contributed by atoms with Gasteiger partial charge in [-0.25, -0.2) is 4.98 Å². The van der Waals surface area contributed by atoms with Gasteiger partial charge in [-0.3, -0.25) is 0 Å². The van der Waals surface area contributed by atoms with Crippen LogP contribution in [-0.4, -0.2) is 33.2 Å². The van der Waals surface area contributed by atoms with Gasteiger partial charge in [-0.1, -0.05) is 20.1 Å². The zero-order valence-electron chi connectivity index (χ0n) is 12.8. The molecule has 0 unspecified atom stereocenters. The van der Waals surface area contributed by atoms with Crippen LogP contribution in [0.3, 0.4) is 0 Å². The van der Waals surface area contributed by atoms with Gasteiger partial charge in [0.2, 0.25) is 5.88 Å². The molecule has 0 spiro atoms. The first kappa shape index (κ1) is 15.2. The van der Waals surface area contributed by atoms with Gasteiger partial charge in [-0.2, -0.15) is 15.0 Å². The smallest absolute Gasteiger partial charge is 0.223 e. The molecule has 3 aromatic rings. The van der Waals surface area contributed by atoms with E-state index in [4.69, 9.17) is 5.26 Å². The van der Waals surface area contributed by atoms with E-state index in [9.17, 15) is 5.11 Å². The molecule has 114 valence electrons. The Kier molecular flexibility index (Phi) is 4.10. The van der Waals surface area contributed by atoms with Crippen LogP contribution in [0.2, 0.25) is 0 Å². The van der Waals surface area contributed by atoms with Crippen molar-refractivity contribution in [2.75, 3.05) is 13.3 Å². The number of benzene rings is 1. The van der Waals surface area contributed by atoms with Crippen LogP contribution in [-0.2, 0) is 0 Å². The van der Waals surface area contributed by atoms with E-state index in [2.05, 4.69) is 29.5 Å². The van der Waals surface area contributed by atoms with Crippen molar-refractivity contribution in [2.24, 2.45) is 0 Å². The lowest BCUT2D eigenvalue weighted by molar-refractivity contribution is 0.433. The Bertz CT molecular complexity index is 861. The average Bonchev–Trinajstić information content (AvgIpc) is 2.96. The molecule has 0 saturated heterocycles. The van der Waals surface area contributed by atoms with E-state index in [1.54, 1.807) is 30.5 Å². The van der Waals surface area contributed by atoms with Crippen molar-refractivity contribution in [3.63, 3.8) is 0 Å². The van der Waals surface area contributed by atoms with Gasteiger partial charge in [0.15, 0.2) is 5.82 Å². The number of aromatic hydroxyl groups is 1. The third kappa shape index (κ3) is 2.94. The fourth-order valence-electron chi connectivity index (χ4n) is 2.21. The van der Waals surface area contributed by atoms with Crippen LogP contribution in [0.1, 0.15) is 5.56 Å². The first-order valence-corrected chi connectivity index (χ1v) is 9.25. The van der Waals surface area contributed by atoms with Crippen molar-refractivity contribution < 1.29 is 5.11 Å². The van der Waals surface area contributed by atoms with E-state index < -0.39 is 0 Å². The summed E-state index contributed by atoms with van der Waals surface area (Å²) in [6, 6.07) is 12.9. The predicted molar refractivity (Wildman–Crippen MR) is 91.6 cm³/mol. The fourth-order valence-corrected chi connectivity index (χ4v) is 2.87. The van der Waals surface area contributed by atoms with Crippen LogP contribution in [0.4, 0.5) is 0 Å². The highest BCUT2D eigenvalue weighted by atomic mass is 31.1. The van der Waals surface area contributed by atoms with Crippen LogP contribution in [0, 0.1) is 11.3 Å². The predicted octanol–water partition coefficient (Wildman–Crippen LogP) is 2.88. The van der Waals surface area contributed by atoms with Gasteiger partial charge < -0.3 is 5.11 Å². The van der Waals surface area contributed by atoms with Crippen LogP contribution in [0.25, 0.3) is 16.9 Å². The van der Waals surface area contributed by atoms with Gasteiger partial charge in [0.25, 0.3) is 0 Å². The number of hydrogen-bond acceptors (Lipinski definition) is 4. The minimum Gasteiger partial charge on any atom is -0.493 e. The van der Waals surface area contributed by atoms with Crippen LogP contribution >= 0.6 is 7.92 Å². The van der Waals surface area contributed by atoms with Gasteiger partial charge in [0.1, 0.15) is 0 Å². The summed E-state index contributed by atoms with van der Waals surface area (Å²) >= 11 is 0. The first-order chi connectivity index (χ1) is 11.1. The number of nitriles is 1. The second-order valence-electron chi connectivity index (χ2n) is 5.25. The molecule has 2 heterocycles. The van der Waals surface area contributed by atoms with Crippen molar-refractivity contribution in [3.05, 3.63) is 54.4 Å². The Hall–Kier alpha value is -2.70. The Morgan fingerprint density at radius 3 is 2.39 bits per heavy atom. The van der Waals surface area contributed by atoms with E-state index >= 15 is 0 Å². The summed E-state index contributed by atoms with van der Waals surface area (Å²) in [6.45, 7) is 4.33. The minimum absolute atomic E-state index is 0.0326. The summed E-state index contributed by atoms with van der Waals surface area (Å²) in [4.78, 5) is 4.38. The molecule has 0 radical (unpaired) electrons. The van der Waals surface area contributed by atoms with E-state index in [-0.39, 0.29) is 13.8 Å². The van der Waals surface area contributed by atoms with E-state index in [0.717, 1.165) is 5.56 Å². The van der Waals surface area contributed by atoms with Gasteiger partial charge in [-0.05, 0) is 48.5 Å². The van der Waals surface area contributed by atoms with Crippen molar-refractivity contribution in [1.82, 2.24) is 14.8 Å². The largest absolute Gasteiger partial charge is 0.493 e. The number of nitrogens with zero attached hydrogens (tertiary/aromatic N) is 4. The van der Waals surface area contributed by atoms with Crippen molar-refractivity contribution in [2.45, 2.75) is 0 Å². The summed E-state index contributed by atoms with van der Waals surface area (Å²) in [5.41, 5.74) is 1.98. The maximum atomic E-state index is 10.4. The topological polar surface area (TPSA) is 74.7 Å². The molecule has 0 aliphatic rings. The summed E-state index contributed by atoms with van der Waals surface area (Å²) in [5, 5.41) is 24.7. The number of hydrogen-bond donors (Lipinski definition) is 1. The van der Waals surface area contributed by atoms with Crippen molar-refractivity contribution in [3.8, 4) is 28.9 Å². The number of pyridine rings is 1. The average molecular weight is 322 g/mol. The molecule has 6 heteroatoms. The van der Waals surface area contributed by atoms with Gasteiger partial charge in [0, 0.05) is 6.20 Å². The van der Waals surface area contributed by atoms with Crippen LogP contribution in [0.15, 0.2) is 48.8 Å². The summed E-state index contributed by atoms with van der Waals surface area (Å²) < 4.78 is 1.41. The van der Waals surface area contributed by atoms with Crippen LogP contribution in [0.5, 0.6) is 5.88 Å². The molecule has 0 amide bonds. The highest BCUT2D eigenvalue weighted by Gasteiger charge is 2.14. The standard InChI is InChI=1S/C17H15N4OP/c1-23(2)14-7-8-16(19-10-14)21-17(22)15(11-20-21)13-5-3-12(9-18)4-6-13/h3-8,10-11,22H,1-2H3. The minimum atomic E-state index is -0.201. The molecule has 0 bridgehead atoms. The fraction of sp³-hybridized carbons (Fsp3) is 0.118. The monoisotopic (exact) mass is 322 g/mol. The Labute approximate surface area is 135 Å². The zero-order valence-corrected chi connectivity index (χ0v) is 13.7. The van der Waals surface area contributed by atoms with E-state index in [1.807, 2.05) is 18.3 Å². The molecular weight excluding hydrogens is 307 g/mol. The normalized spacial score (nSPS) is 10.7. The molecule has 23 heavy (non-hydrogen) atoms. The van der Waals surface area contributed by atoms with E-state index in [0.29, 0.717) is 16.9 Å². The molecule has 0 aliphatic carbocycles. The van der Waals surface area contributed by atoms with Gasteiger partial charge >= 0.3 is 0 Å². The summed E-state index contributed by atoms with van der Waals surface area (Å²) in [7, 11) is -0.201. The summed E-state index contributed by atoms with van der Waals surface area (Å²) in [6.07, 6.45) is 3.42. The van der Waals surface area contributed by atoms with Gasteiger partial charge in [0.05, 0.1) is 23.4 Å². The van der Waals surface area contributed by atoms with Gasteiger partial charge in [-0.15, -0.1) is 0 Å². The third-order valence-corrected chi connectivity index (χ3v) is 4.83. The lowest BCUT2D eigenvalue weighted by Gasteiger charge is -2.07. The molecule has 2 aromatic heterocycles. The van der Waals surface area contributed by atoms with Crippen molar-refractivity contribution in [1.29, 1.82) is 5.26 Å². The second kappa shape index (κ2) is 6.20. The second-order valence-corrected chi connectivity index (χ2v) is 7.56. The van der Waals surface area contributed by atoms with Crippen LogP contribution < -0.4 is 5.30 Å². The molecule has 0 saturated carbocycles. The maximum Gasteiger partial charge on any atom is 0.223 e. The molecule has 5 nitrogen and oxygen atoms in total. The maximum absolute atomic E-state index is 10.4. The molecule has 3 rings (SSSR count). The Balaban J connectivity index is 1.96. The quantitative estimate of drug-likeness (QED) is 0.752. The molecule has 0 atom stereocenters. The highest BCUT2D eigenvalue weighted by Crippen LogP contribution is 2.30. The first-order valence-electron chi connectivity index (χ1n) is 7.01. The molecule has 0 aliphatic heterocycles. The Morgan fingerprint density at radius 2 is 1.83 bits per heavy atom.